The minimum atomic E-state index is -0.877. The lowest BCUT2D eigenvalue weighted by Crippen LogP contribution is -1.90. The van der Waals surface area contributed by atoms with Gasteiger partial charge in [0, 0.05) is 16.3 Å². The number of para-hydroxylation sites is 2. The fourth-order valence-electron chi connectivity index (χ4n) is 4.84. The molecule has 0 N–H and O–H groups in total. The molecule has 0 aliphatic carbocycles. The summed E-state index contributed by atoms with van der Waals surface area (Å²) in [7, 11) is 0. The van der Waals surface area contributed by atoms with Gasteiger partial charge in [-0.15, -0.1) is 0 Å². The van der Waals surface area contributed by atoms with E-state index in [1.165, 1.54) is 0 Å². The first-order chi connectivity index (χ1) is 27.3. The Bertz CT molecular complexity index is 3100. The van der Waals surface area contributed by atoms with E-state index in [0.717, 1.165) is 0 Å². The van der Waals surface area contributed by atoms with Crippen molar-refractivity contribution < 1.29 is 30.5 Å². The molecule has 0 unspecified atom stereocenters. The fourth-order valence-corrected chi connectivity index (χ4v) is 4.84. The van der Waals surface area contributed by atoms with Crippen LogP contribution in [-0.4, -0.2) is 0 Å². The maximum atomic E-state index is 9.42. The molecule has 8 aromatic rings. The summed E-state index contributed by atoms with van der Waals surface area (Å²) in [5.41, 5.74) is -2.81. The molecule has 0 radical (unpaired) electrons. The molecule has 8 rings (SSSR count). The van der Waals surface area contributed by atoms with E-state index in [4.69, 9.17) is 25.0 Å². The molecule has 0 saturated heterocycles. The van der Waals surface area contributed by atoms with Crippen molar-refractivity contribution in [2.45, 2.75) is 0 Å². The van der Waals surface area contributed by atoms with E-state index in [2.05, 4.69) is 0 Å². The van der Waals surface area contributed by atoms with Crippen LogP contribution < -0.4 is 0 Å². The lowest BCUT2D eigenvalue weighted by Gasteiger charge is -2.18. The second-order valence-corrected chi connectivity index (χ2v) is 8.63. The van der Waals surface area contributed by atoms with Gasteiger partial charge in [-0.2, -0.15) is 0 Å². The van der Waals surface area contributed by atoms with E-state index in [1.54, 1.807) is 30.3 Å². The highest BCUT2D eigenvalue weighted by Crippen LogP contribution is 2.44. The van der Waals surface area contributed by atoms with Gasteiger partial charge in [-0.3, -0.25) is 0 Å². The summed E-state index contributed by atoms with van der Waals surface area (Å²) in [5, 5.41) is -1.77. The molecule has 7 aromatic carbocycles. The van der Waals surface area contributed by atoms with Gasteiger partial charge < -0.3 is 4.42 Å². The molecule has 0 saturated carbocycles. The predicted molar refractivity (Wildman–Crippen MR) is 165 cm³/mol. The normalized spacial score (nSPS) is 18.4. The van der Waals surface area contributed by atoms with Crippen molar-refractivity contribution in [2.75, 3.05) is 0 Å². The molecule has 0 amide bonds. The molecule has 1 nitrogen and oxygen atoms in total. The van der Waals surface area contributed by atoms with Gasteiger partial charge in [-0.25, -0.2) is 0 Å². The largest absolute Gasteiger partial charge is 0.455 e. The summed E-state index contributed by atoms with van der Waals surface area (Å²) in [6.07, 6.45) is 0. The Labute approximate surface area is 253 Å². The molecule has 0 bridgehead atoms. The zero-order valence-corrected chi connectivity index (χ0v) is 19.8. The van der Waals surface area contributed by atoms with Gasteiger partial charge in [0.15, 0.2) is 0 Å². The van der Waals surface area contributed by atoms with Crippen molar-refractivity contribution in [3.05, 3.63) is 145 Å². The van der Waals surface area contributed by atoms with E-state index >= 15 is 0 Å². The SMILES string of the molecule is [2H]c1c([2H])c(-c2c3c([2H])c([2H])c([2H])c([2H])c3c(-c3ccccc3)c3c([2H])c([2H])c([2H])c([2H])c23)c([2H])c([2H])c1-c1c([2H])c([2H])c([2H])c2c1oc1c([2H])c([2H])c([2H])c([2H])c12. The second-order valence-electron chi connectivity index (χ2n) is 8.63. The van der Waals surface area contributed by atoms with Crippen LogP contribution in [-0.2, 0) is 0 Å². The number of benzene rings is 7. The molecule has 0 aliphatic heterocycles. The maximum absolute atomic E-state index is 9.42. The first-order valence-electron chi connectivity index (χ1n) is 21.3. The Hall–Kier alpha value is -5.14. The van der Waals surface area contributed by atoms with Crippen LogP contribution >= 0.6 is 0 Å². The lowest BCUT2D eigenvalue weighted by molar-refractivity contribution is 0.670. The summed E-state index contributed by atoms with van der Waals surface area (Å²) in [6, 6.07) is -5.67. The number of hydrogen-bond donors (Lipinski definition) is 0. The smallest absolute Gasteiger partial charge is 0.143 e. The number of rotatable bonds is 3. The third-order valence-electron chi connectivity index (χ3n) is 6.50. The zero-order chi connectivity index (χ0) is 42.3. The highest BCUT2D eigenvalue weighted by Gasteiger charge is 2.17. The van der Waals surface area contributed by atoms with Crippen LogP contribution in [0.2, 0.25) is 0 Å². The van der Waals surface area contributed by atoms with Crippen molar-refractivity contribution in [2.24, 2.45) is 0 Å². The van der Waals surface area contributed by atoms with Gasteiger partial charge in [0.2, 0.25) is 0 Å². The van der Waals surface area contributed by atoms with E-state index in [1.807, 2.05) is 0 Å². The summed E-state index contributed by atoms with van der Waals surface area (Å²) < 4.78 is 174. The van der Waals surface area contributed by atoms with Crippen LogP contribution in [0, 0.1) is 0 Å². The van der Waals surface area contributed by atoms with Gasteiger partial charge in [0.25, 0.3) is 0 Å². The Balaban J connectivity index is 1.62. The minimum Gasteiger partial charge on any atom is -0.455 e. The summed E-state index contributed by atoms with van der Waals surface area (Å²) in [4.78, 5) is 0. The van der Waals surface area contributed by atoms with E-state index < -0.39 is 148 Å². The molecular weight excluding hydrogens is 472 g/mol. The summed E-state index contributed by atoms with van der Waals surface area (Å²) in [6.45, 7) is 0. The van der Waals surface area contributed by atoms with Crippen molar-refractivity contribution >= 4 is 43.5 Å². The summed E-state index contributed by atoms with van der Waals surface area (Å²) in [5.74, 6) is 0. The zero-order valence-electron chi connectivity index (χ0n) is 38.8. The van der Waals surface area contributed by atoms with Crippen LogP contribution in [0.5, 0.6) is 0 Å². The molecule has 39 heavy (non-hydrogen) atoms. The van der Waals surface area contributed by atoms with Gasteiger partial charge in [0.1, 0.15) is 11.2 Å². The first-order valence-corrected chi connectivity index (χ1v) is 11.8. The van der Waals surface area contributed by atoms with Gasteiger partial charge in [-0.05, 0) is 55.4 Å². The lowest BCUT2D eigenvalue weighted by atomic mass is 9.86. The molecule has 182 valence electrons. The maximum Gasteiger partial charge on any atom is 0.143 e. The number of furan rings is 1. The van der Waals surface area contributed by atoms with Crippen LogP contribution in [0.1, 0.15) is 26.0 Å². The highest BCUT2D eigenvalue weighted by atomic mass is 16.3. The first kappa shape index (κ1) is 10.2. The van der Waals surface area contributed by atoms with Gasteiger partial charge in [0.05, 0.1) is 26.0 Å². The van der Waals surface area contributed by atoms with Crippen LogP contribution in [0.4, 0.5) is 0 Å². The van der Waals surface area contributed by atoms with Crippen molar-refractivity contribution in [1.82, 2.24) is 0 Å². The Morgan fingerprint density at radius 2 is 0.923 bits per heavy atom. The minimum absolute atomic E-state index is 0.0130. The van der Waals surface area contributed by atoms with Crippen molar-refractivity contribution in [3.63, 3.8) is 0 Å². The molecule has 0 atom stereocenters. The third-order valence-corrected chi connectivity index (χ3v) is 6.50. The van der Waals surface area contributed by atoms with Crippen molar-refractivity contribution in [1.29, 1.82) is 0 Å². The van der Waals surface area contributed by atoms with E-state index in [0.29, 0.717) is 5.56 Å². The monoisotopic (exact) mass is 515 g/mol. The molecule has 1 heteroatoms. The van der Waals surface area contributed by atoms with Crippen LogP contribution in [0.3, 0.4) is 0 Å². The van der Waals surface area contributed by atoms with Gasteiger partial charge in [-0.1, -0.05) is 139 Å². The van der Waals surface area contributed by atoms with Gasteiger partial charge >= 0.3 is 0 Å². The molecule has 0 aliphatic rings. The Morgan fingerprint density at radius 1 is 0.410 bits per heavy atom. The quantitative estimate of drug-likeness (QED) is 0.213. The van der Waals surface area contributed by atoms with Crippen LogP contribution in [0.25, 0.3) is 76.9 Å². The second kappa shape index (κ2) is 8.72. The Morgan fingerprint density at radius 3 is 1.56 bits per heavy atom. The molecule has 0 fully saturated rings. The Kier molecular flexibility index (Phi) is 2.28. The highest BCUT2D eigenvalue weighted by molar-refractivity contribution is 6.21. The third kappa shape index (κ3) is 3.41. The molecule has 1 heterocycles. The average molecular weight is 516 g/mol. The molecular formula is C38H24O. The standard InChI is InChI=1S/C38H24O/c1-2-11-26(12-3-1)36-30-14-4-6-16-32(30)37(33-17-7-5-15-31(33)36)27-23-21-25(22-24-27)28-18-10-19-34-29-13-8-9-20-35(29)39-38(28)34/h1-24H/i4D,5D,6D,7D,8D,9D,10D,13D,14D,15D,16D,17D,18D,19D,20D,21D,22D,23D,24D. The van der Waals surface area contributed by atoms with E-state index in [-0.39, 0.29) is 37.9 Å². The predicted octanol–water partition coefficient (Wildman–Crippen LogP) is 10.9. The van der Waals surface area contributed by atoms with E-state index in [9.17, 15) is 5.48 Å². The molecule has 0 spiro atoms. The fraction of sp³-hybridized carbons (Fsp3) is 0. The average Bonchev–Trinajstić information content (AvgIpc) is 3.62. The summed E-state index contributed by atoms with van der Waals surface area (Å²) >= 11 is 0. The van der Waals surface area contributed by atoms with Crippen LogP contribution in [0.15, 0.2) is 150 Å². The van der Waals surface area contributed by atoms with Crippen molar-refractivity contribution in [3.8, 4) is 33.4 Å². The molecule has 1 aromatic heterocycles. The topological polar surface area (TPSA) is 13.1 Å². The number of fused-ring (bicyclic) bond motifs is 5. The number of hydrogen-bond acceptors (Lipinski definition) is 1.